The van der Waals surface area contributed by atoms with Gasteiger partial charge in [0, 0.05) is 29.3 Å². The highest BCUT2D eigenvalue weighted by atomic mass is 32.2. The first-order chi connectivity index (χ1) is 8.88. The number of thioether (sulfide) groups is 1. The van der Waals surface area contributed by atoms with Crippen molar-refractivity contribution in [3.8, 4) is 0 Å². The third-order valence-electron chi connectivity index (χ3n) is 4.26. The summed E-state index contributed by atoms with van der Waals surface area (Å²) in [6.07, 6.45) is 4.97. The molecule has 1 heterocycles. The number of benzene rings is 1. The minimum atomic E-state index is 0.333. The third-order valence-corrected chi connectivity index (χ3v) is 5.44. The van der Waals surface area contributed by atoms with Gasteiger partial charge in [-0.3, -0.25) is 0 Å². The van der Waals surface area contributed by atoms with Gasteiger partial charge in [0.1, 0.15) is 0 Å². The van der Waals surface area contributed by atoms with Crippen molar-refractivity contribution < 1.29 is 5.11 Å². The van der Waals surface area contributed by atoms with Gasteiger partial charge >= 0.3 is 0 Å². The molecule has 1 aliphatic carbocycles. The lowest BCUT2D eigenvalue weighted by molar-refractivity contribution is 0.147. The fourth-order valence-electron chi connectivity index (χ4n) is 3.20. The standard InChI is InChI=1S/C15H21NOS/c17-9-11-5-1-3-7-13(11)16-14-10-18-15-8-4-2-6-12(14)15/h2,4,6,8,11,13-14,16-17H,1,3,5,7,9-10H2. The number of hydrogen-bond donors (Lipinski definition) is 2. The first-order valence-corrected chi connectivity index (χ1v) is 7.95. The van der Waals surface area contributed by atoms with Crippen LogP contribution in [0, 0.1) is 5.92 Å². The lowest BCUT2D eigenvalue weighted by atomic mass is 9.84. The molecule has 1 saturated carbocycles. The zero-order valence-electron chi connectivity index (χ0n) is 10.6. The Labute approximate surface area is 113 Å². The molecule has 1 fully saturated rings. The Bertz CT molecular complexity index is 409. The molecule has 1 aromatic rings. The maximum atomic E-state index is 9.49. The predicted octanol–water partition coefficient (Wildman–Crippen LogP) is 2.97. The van der Waals surface area contributed by atoms with Crippen LogP contribution in [0.4, 0.5) is 0 Å². The Kier molecular flexibility index (Phi) is 3.92. The van der Waals surface area contributed by atoms with Crippen molar-refractivity contribution in [1.29, 1.82) is 0 Å². The molecule has 2 aliphatic rings. The number of nitrogens with one attached hydrogen (secondary N) is 1. The van der Waals surface area contributed by atoms with E-state index in [1.54, 1.807) is 0 Å². The maximum Gasteiger partial charge on any atom is 0.0474 e. The first kappa shape index (κ1) is 12.5. The zero-order chi connectivity index (χ0) is 12.4. The molecule has 0 radical (unpaired) electrons. The van der Waals surface area contributed by atoms with E-state index in [0.29, 0.717) is 24.6 Å². The van der Waals surface area contributed by atoms with Gasteiger partial charge in [-0.2, -0.15) is 0 Å². The molecule has 18 heavy (non-hydrogen) atoms. The van der Waals surface area contributed by atoms with E-state index in [0.717, 1.165) is 5.75 Å². The Balaban J connectivity index is 1.70. The summed E-state index contributed by atoms with van der Waals surface area (Å²) in [6.45, 7) is 0.333. The summed E-state index contributed by atoms with van der Waals surface area (Å²) in [5.74, 6) is 1.59. The summed E-state index contributed by atoms with van der Waals surface area (Å²) < 4.78 is 0. The highest BCUT2D eigenvalue weighted by molar-refractivity contribution is 7.99. The molecular formula is C15H21NOS. The molecule has 3 atom stereocenters. The van der Waals surface area contributed by atoms with Crippen molar-refractivity contribution in [2.45, 2.75) is 42.7 Å². The topological polar surface area (TPSA) is 32.3 Å². The number of rotatable bonds is 3. The summed E-state index contributed by atoms with van der Waals surface area (Å²) in [7, 11) is 0. The van der Waals surface area contributed by atoms with Crippen LogP contribution in [-0.4, -0.2) is 23.5 Å². The fraction of sp³-hybridized carbons (Fsp3) is 0.600. The van der Waals surface area contributed by atoms with E-state index in [2.05, 4.69) is 29.6 Å². The average molecular weight is 263 g/mol. The van der Waals surface area contributed by atoms with Crippen LogP contribution in [-0.2, 0) is 0 Å². The van der Waals surface area contributed by atoms with E-state index >= 15 is 0 Å². The number of aliphatic hydroxyl groups excluding tert-OH is 1. The molecule has 1 aromatic carbocycles. The average Bonchev–Trinajstić information content (AvgIpc) is 2.83. The molecule has 0 amide bonds. The molecule has 2 N–H and O–H groups in total. The van der Waals surface area contributed by atoms with Crippen molar-refractivity contribution in [2.24, 2.45) is 5.92 Å². The minimum absolute atomic E-state index is 0.333. The van der Waals surface area contributed by atoms with Crippen molar-refractivity contribution in [2.75, 3.05) is 12.4 Å². The van der Waals surface area contributed by atoms with E-state index in [1.807, 2.05) is 11.8 Å². The first-order valence-electron chi connectivity index (χ1n) is 6.97. The highest BCUT2D eigenvalue weighted by Gasteiger charge is 2.30. The van der Waals surface area contributed by atoms with Crippen LogP contribution in [0.1, 0.15) is 37.3 Å². The molecule has 2 nitrogen and oxygen atoms in total. The van der Waals surface area contributed by atoms with Gasteiger partial charge in [0.2, 0.25) is 0 Å². The van der Waals surface area contributed by atoms with Gasteiger partial charge in [0.05, 0.1) is 0 Å². The summed E-state index contributed by atoms with van der Waals surface area (Å²) >= 11 is 1.95. The van der Waals surface area contributed by atoms with Crippen LogP contribution >= 0.6 is 11.8 Å². The quantitative estimate of drug-likeness (QED) is 0.879. The van der Waals surface area contributed by atoms with E-state index in [4.69, 9.17) is 0 Å². The van der Waals surface area contributed by atoms with Crippen molar-refractivity contribution in [3.63, 3.8) is 0 Å². The van der Waals surface area contributed by atoms with E-state index < -0.39 is 0 Å². The number of aliphatic hydroxyl groups is 1. The van der Waals surface area contributed by atoms with Gasteiger partial charge in [0.25, 0.3) is 0 Å². The van der Waals surface area contributed by atoms with Crippen molar-refractivity contribution >= 4 is 11.8 Å². The van der Waals surface area contributed by atoms with E-state index in [-0.39, 0.29) is 0 Å². The molecular weight excluding hydrogens is 242 g/mol. The molecule has 0 saturated heterocycles. The minimum Gasteiger partial charge on any atom is -0.396 e. The van der Waals surface area contributed by atoms with Crippen LogP contribution < -0.4 is 5.32 Å². The van der Waals surface area contributed by atoms with Gasteiger partial charge in [-0.25, -0.2) is 0 Å². The van der Waals surface area contributed by atoms with Gasteiger partial charge in [0.15, 0.2) is 0 Å². The molecule has 3 heteroatoms. The van der Waals surface area contributed by atoms with Crippen molar-refractivity contribution in [3.05, 3.63) is 29.8 Å². The molecule has 0 bridgehead atoms. The third kappa shape index (κ3) is 2.44. The van der Waals surface area contributed by atoms with Gasteiger partial charge < -0.3 is 10.4 Å². The lowest BCUT2D eigenvalue weighted by Gasteiger charge is -2.33. The van der Waals surface area contributed by atoms with Crippen LogP contribution in [0.25, 0.3) is 0 Å². The largest absolute Gasteiger partial charge is 0.396 e. The van der Waals surface area contributed by atoms with Gasteiger partial charge in [-0.15, -0.1) is 11.8 Å². The summed E-state index contributed by atoms with van der Waals surface area (Å²) in [5, 5.41) is 13.3. The Hall–Kier alpha value is -0.510. The molecule has 98 valence electrons. The number of hydrogen-bond acceptors (Lipinski definition) is 3. The Morgan fingerprint density at radius 1 is 1.22 bits per heavy atom. The van der Waals surface area contributed by atoms with E-state index in [1.165, 1.54) is 36.1 Å². The van der Waals surface area contributed by atoms with Crippen LogP contribution in [0.5, 0.6) is 0 Å². The summed E-state index contributed by atoms with van der Waals surface area (Å²) in [6, 6.07) is 9.68. The summed E-state index contributed by atoms with van der Waals surface area (Å²) in [4.78, 5) is 1.42. The van der Waals surface area contributed by atoms with Crippen LogP contribution in [0.15, 0.2) is 29.2 Å². The zero-order valence-corrected chi connectivity index (χ0v) is 11.5. The Morgan fingerprint density at radius 2 is 2.06 bits per heavy atom. The lowest BCUT2D eigenvalue weighted by Crippen LogP contribution is -2.42. The number of fused-ring (bicyclic) bond motifs is 1. The van der Waals surface area contributed by atoms with Gasteiger partial charge in [-0.05, 0) is 30.4 Å². The fourth-order valence-corrected chi connectivity index (χ4v) is 4.38. The molecule has 3 unspecified atom stereocenters. The molecule has 1 aliphatic heterocycles. The highest BCUT2D eigenvalue weighted by Crippen LogP contribution is 2.39. The second kappa shape index (κ2) is 5.64. The van der Waals surface area contributed by atoms with Crippen molar-refractivity contribution in [1.82, 2.24) is 5.32 Å². The Morgan fingerprint density at radius 3 is 2.94 bits per heavy atom. The molecule has 0 spiro atoms. The second-order valence-corrected chi connectivity index (χ2v) is 6.46. The SMILES string of the molecule is OCC1CCCCC1NC1CSc2ccccc21. The predicted molar refractivity (Wildman–Crippen MR) is 75.9 cm³/mol. The monoisotopic (exact) mass is 263 g/mol. The van der Waals surface area contributed by atoms with E-state index in [9.17, 15) is 5.11 Å². The maximum absolute atomic E-state index is 9.49. The molecule has 0 aromatic heterocycles. The smallest absolute Gasteiger partial charge is 0.0474 e. The summed E-state index contributed by atoms with van der Waals surface area (Å²) in [5.41, 5.74) is 1.45. The normalized spacial score (nSPS) is 31.3. The van der Waals surface area contributed by atoms with Crippen LogP contribution in [0.2, 0.25) is 0 Å². The van der Waals surface area contributed by atoms with Crippen LogP contribution in [0.3, 0.4) is 0 Å². The second-order valence-electron chi connectivity index (χ2n) is 5.40. The molecule has 3 rings (SSSR count). The van der Waals surface area contributed by atoms with Gasteiger partial charge in [-0.1, -0.05) is 31.0 Å².